The van der Waals surface area contributed by atoms with Crippen molar-refractivity contribution >= 4 is 11.9 Å². The van der Waals surface area contributed by atoms with Crippen molar-refractivity contribution in [3.63, 3.8) is 0 Å². The predicted molar refractivity (Wildman–Crippen MR) is 103 cm³/mol. The third-order valence-corrected chi connectivity index (χ3v) is 4.55. The SMILES string of the molecule is CCCCCCCCCCCCCCC/C=C/C(CC(=O)O)C(=O)O. The quantitative estimate of drug-likeness (QED) is 0.227. The van der Waals surface area contributed by atoms with Gasteiger partial charge in [-0.2, -0.15) is 0 Å². The van der Waals surface area contributed by atoms with E-state index in [9.17, 15) is 9.59 Å². The van der Waals surface area contributed by atoms with E-state index in [-0.39, 0.29) is 6.42 Å². The summed E-state index contributed by atoms with van der Waals surface area (Å²) in [5, 5.41) is 17.6. The van der Waals surface area contributed by atoms with Crippen molar-refractivity contribution in [1.82, 2.24) is 0 Å². The van der Waals surface area contributed by atoms with Gasteiger partial charge in [-0.25, -0.2) is 0 Å². The van der Waals surface area contributed by atoms with E-state index in [1.165, 1.54) is 76.7 Å². The number of aliphatic carboxylic acids is 2. The van der Waals surface area contributed by atoms with Crippen molar-refractivity contribution in [1.29, 1.82) is 0 Å². The first-order valence-electron chi connectivity index (χ1n) is 10.2. The predicted octanol–water partition coefficient (Wildman–Crippen LogP) is 6.20. The highest BCUT2D eigenvalue weighted by atomic mass is 16.4. The Kier molecular flexibility index (Phi) is 16.6. The molecule has 0 aliphatic rings. The lowest BCUT2D eigenvalue weighted by Crippen LogP contribution is -2.15. The molecule has 0 rings (SSSR count). The zero-order valence-electron chi connectivity index (χ0n) is 16.0. The van der Waals surface area contributed by atoms with Crippen molar-refractivity contribution in [3.8, 4) is 0 Å². The van der Waals surface area contributed by atoms with Gasteiger partial charge in [0.1, 0.15) is 0 Å². The van der Waals surface area contributed by atoms with E-state index in [0.717, 1.165) is 19.3 Å². The standard InChI is InChI=1S/C21H38O4/c1-2-3-4-5-6-7-8-9-10-11-12-13-14-15-16-17-19(21(24)25)18-20(22)23/h16-17,19H,2-15,18H2,1H3,(H,22,23)(H,24,25)/b17-16+. The average Bonchev–Trinajstić information content (AvgIpc) is 2.56. The summed E-state index contributed by atoms with van der Waals surface area (Å²) in [5.74, 6) is -3.04. The molecule has 2 N–H and O–H groups in total. The van der Waals surface area contributed by atoms with Gasteiger partial charge in [0.05, 0.1) is 12.3 Å². The Morgan fingerprint density at radius 2 is 1.20 bits per heavy atom. The van der Waals surface area contributed by atoms with Crippen molar-refractivity contribution in [3.05, 3.63) is 12.2 Å². The second-order valence-electron chi connectivity index (χ2n) is 7.00. The fraction of sp³-hybridized carbons (Fsp3) is 0.810. The van der Waals surface area contributed by atoms with Gasteiger partial charge in [-0.1, -0.05) is 96.1 Å². The second-order valence-corrected chi connectivity index (χ2v) is 7.00. The lowest BCUT2D eigenvalue weighted by Gasteiger charge is -2.04. The smallest absolute Gasteiger partial charge is 0.310 e. The largest absolute Gasteiger partial charge is 0.481 e. The first kappa shape index (κ1) is 23.7. The summed E-state index contributed by atoms with van der Waals surface area (Å²) in [6.07, 6.45) is 20.9. The number of hydrogen-bond acceptors (Lipinski definition) is 2. The minimum atomic E-state index is -1.07. The molecule has 1 atom stereocenters. The van der Waals surface area contributed by atoms with Gasteiger partial charge < -0.3 is 10.2 Å². The van der Waals surface area contributed by atoms with Gasteiger partial charge in [-0.05, 0) is 12.8 Å². The van der Waals surface area contributed by atoms with E-state index in [0.29, 0.717) is 0 Å². The molecule has 25 heavy (non-hydrogen) atoms. The first-order valence-corrected chi connectivity index (χ1v) is 10.2. The number of rotatable bonds is 18. The highest BCUT2D eigenvalue weighted by molar-refractivity contribution is 5.79. The van der Waals surface area contributed by atoms with Gasteiger partial charge >= 0.3 is 11.9 Å². The maximum Gasteiger partial charge on any atom is 0.310 e. The van der Waals surface area contributed by atoms with Crippen LogP contribution in [0.2, 0.25) is 0 Å². The van der Waals surface area contributed by atoms with E-state index >= 15 is 0 Å². The van der Waals surface area contributed by atoms with Crippen molar-refractivity contribution in [2.45, 2.75) is 103 Å². The highest BCUT2D eigenvalue weighted by Gasteiger charge is 2.17. The zero-order valence-corrected chi connectivity index (χ0v) is 16.0. The lowest BCUT2D eigenvalue weighted by molar-refractivity contribution is -0.146. The molecule has 0 amide bonds. The summed E-state index contributed by atoms with van der Waals surface area (Å²) < 4.78 is 0. The van der Waals surface area contributed by atoms with Crippen LogP contribution in [0.25, 0.3) is 0 Å². The zero-order chi connectivity index (χ0) is 18.8. The van der Waals surface area contributed by atoms with Crippen LogP contribution in [0.4, 0.5) is 0 Å². The third kappa shape index (κ3) is 17.3. The van der Waals surface area contributed by atoms with E-state index in [4.69, 9.17) is 10.2 Å². The molecule has 146 valence electrons. The van der Waals surface area contributed by atoms with Crippen LogP contribution in [-0.2, 0) is 9.59 Å². The fourth-order valence-electron chi connectivity index (χ4n) is 2.97. The first-order chi connectivity index (χ1) is 12.1. The van der Waals surface area contributed by atoms with Crippen LogP contribution < -0.4 is 0 Å². The number of carboxylic acid groups (broad SMARTS) is 2. The molecule has 0 aromatic heterocycles. The van der Waals surface area contributed by atoms with Gasteiger partial charge in [-0.15, -0.1) is 0 Å². The number of hydrogen-bond donors (Lipinski definition) is 2. The highest BCUT2D eigenvalue weighted by Crippen LogP contribution is 2.13. The summed E-state index contributed by atoms with van der Waals surface area (Å²) in [6.45, 7) is 2.25. The van der Waals surface area contributed by atoms with Gasteiger partial charge in [0, 0.05) is 0 Å². The number of unbranched alkanes of at least 4 members (excludes halogenated alkanes) is 13. The maximum atomic E-state index is 10.9. The van der Waals surface area contributed by atoms with Crippen molar-refractivity contribution < 1.29 is 19.8 Å². The molecule has 0 saturated heterocycles. The van der Waals surface area contributed by atoms with Gasteiger partial charge in [0.2, 0.25) is 0 Å². The van der Waals surface area contributed by atoms with Crippen LogP contribution in [0.3, 0.4) is 0 Å². The van der Waals surface area contributed by atoms with Crippen LogP contribution in [0, 0.1) is 5.92 Å². The van der Waals surface area contributed by atoms with Gasteiger partial charge in [-0.3, -0.25) is 9.59 Å². The van der Waals surface area contributed by atoms with E-state index in [2.05, 4.69) is 6.92 Å². The Morgan fingerprint density at radius 3 is 1.60 bits per heavy atom. The fourth-order valence-corrected chi connectivity index (χ4v) is 2.97. The molecule has 1 unspecified atom stereocenters. The summed E-state index contributed by atoms with van der Waals surface area (Å²) in [7, 11) is 0. The molecule has 0 aromatic carbocycles. The normalized spacial score (nSPS) is 12.5. The monoisotopic (exact) mass is 354 g/mol. The summed E-state index contributed by atoms with van der Waals surface area (Å²) in [4.78, 5) is 21.5. The average molecular weight is 355 g/mol. The Hall–Kier alpha value is -1.32. The molecule has 4 heteroatoms. The molecule has 0 bridgehead atoms. The summed E-state index contributed by atoms with van der Waals surface area (Å²) in [5.41, 5.74) is 0. The molecule has 0 aliphatic heterocycles. The molecule has 0 aliphatic carbocycles. The minimum Gasteiger partial charge on any atom is -0.481 e. The van der Waals surface area contributed by atoms with Crippen LogP contribution >= 0.6 is 0 Å². The second kappa shape index (κ2) is 17.5. The third-order valence-electron chi connectivity index (χ3n) is 4.55. The Morgan fingerprint density at radius 1 is 0.760 bits per heavy atom. The lowest BCUT2D eigenvalue weighted by atomic mass is 10.0. The molecule has 0 fully saturated rings. The maximum absolute atomic E-state index is 10.9. The molecule has 0 spiro atoms. The minimum absolute atomic E-state index is 0.343. The van der Waals surface area contributed by atoms with Crippen molar-refractivity contribution in [2.24, 2.45) is 5.92 Å². The Bertz CT molecular complexity index is 363. The molecular weight excluding hydrogens is 316 g/mol. The van der Waals surface area contributed by atoms with Crippen molar-refractivity contribution in [2.75, 3.05) is 0 Å². The van der Waals surface area contributed by atoms with Gasteiger partial charge in [0.15, 0.2) is 0 Å². The Balaban J connectivity index is 3.39. The Labute approximate surface area is 153 Å². The summed E-state index contributed by atoms with van der Waals surface area (Å²) >= 11 is 0. The molecular formula is C21H38O4. The van der Waals surface area contributed by atoms with E-state index < -0.39 is 17.9 Å². The molecule has 0 aromatic rings. The molecule has 4 nitrogen and oxygen atoms in total. The van der Waals surface area contributed by atoms with E-state index in [1.54, 1.807) is 0 Å². The number of allylic oxidation sites excluding steroid dienone is 1. The molecule has 0 radical (unpaired) electrons. The topological polar surface area (TPSA) is 74.6 Å². The van der Waals surface area contributed by atoms with Gasteiger partial charge in [0.25, 0.3) is 0 Å². The van der Waals surface area contributed by atoms with Crippen LogP contribution in [0.1, 0.15) is 103 Å². The molecule has 0 heterocycles. The van der Waals surface area contributed by atoms with Crippen LogP contribution in [-0.4, -0.2) is 22.2 Å². The van der Waals surface area contributed by atoms with Crippen LogP contribution in [0.5, 0.6) is 0 Å². The number of carboxylic acids is 2. The summed E-state index contributed by atoms with van der Waals surface area (Å²) in [6, 6.07) is 0. The molecule has 0 saturated carbocycles. The number of carbonyl (C=O) groups is 2. The van der Waals surface area contributed by atoms with Crippen LogP contribution in [0.15, 0.2) is 12.2 Å². The van der Waals surface area contributed by atoms with E-state index in [1.807, 2.05) is 6.08 Å².